The van der Waals surface area contributed by atoms with Gasteiger partial charge in [-0.2, -0.15) is 8.42 Å². The summed E-state index contributed by atoms with van der Waals surface area (Å²) in [7, 11) is -4.18. The third-order valence-corrected chi connectivity index (χ3v) is 4.25. The van der Waals surface area contributed by atoms with Crippen molar-refractivity contribution in [2.45, 2.75) is 64.2 Å². The van der Waals surface area contributed by atoms with Gasteiger partial charge in [0.1, 0.15) is 0 Å². The summed E-state index contributed by atoms with van der Waals surface area (Å²) >= 11 is 0. The molecular weight excluding hydrogens is 296 g/mol. The zero-order chi connectivity index (χ0) is 15.0. The highest BCUT2D eigenvalue weighted by atomic mass is 35.5. The molecule has 0 saturated carbocycles. The first-order valence-electron chi connectivity index (χ1n) is 6.71. The van der Waals surface area contributed by atoms with E-state index in [0.717, 1.165) is 16.7 Å². The number of hydrogen-bond donors (Lipinski definition) is 1. The van der Waals surface area contributed by atoms with Gasteiger partial charge in [0.25, 0.3) is 10.1 Å². The lowest BCUT2D eigenvalue weighted by Crippen LogP contribution is -2.12. The minimum Gasteiger partial charge on any atom is -0.282 e. The monoisotopic (exact) mass is 320 g/mol. The van der Waals surface area contributed by atoms with Crippen molar-refractivity contribution in [1.82, 2.24) is 0 Å². The van der Waals surface area contributed by atoms with E-state index in [-0.39, 0.29) is 29.1 Å². The third kappa shape index (κ3) is 3.96. The third-order valence-electron chi connectivity index (χ3n) is 3.34. The van der Waals surface area contributed by atoms with Crippen LogP contribution in [0.15, 0.2) is 17.0 Å². The first kappa shape index (κ1) is 19.4. The highest BCUT2D eigenvalue weighted by Gasteiger charge is 2.25. The van der Waals surface area contributed by atoms with Gasteiger partial charge >= 0.3 is 0 Å². The van der Waals surface area contributed by atoms with Crippen molar-refractivity contribution in [3.8, 4) is 0 Å². The van der Waals surface area contributed by atoms with Crippen molar-refractivity contribution < 1.29 is 13.0 Å². The molecule has 0 aliphatic rings. The predicted molar refractivity (Wildman–Crippen MR) is 85.8 cm³/mol. The molecule has 116 valence electrons. The lowest BCUT2D eigenvalue weighted by molar-refractivity contribution is 0.480. The zero-order valence-electron chi connectivity index (χ0n) is 13.0. The average Bonchev–Trinajstić information content (AvgIpc) is 2.25. The van der Waals surface area contributed by atoms with Gasteiger partial charge in [0.15, 0.2) is 0 Å². The molecule has 0 radical (unpaired) electrons. The Morgan fingerprint density at radius 3 is 1.60 bits per heavy atom. The van der Waals surface area contributed by atoms with Crippen LogP contribution in [-0.4, -0.2) is 13.0 Å². The zero-order valence-corrected chi connectivity index (χ0v) is 14.6. The predicted octanol–water partition coefficient (Wildman–Crippen LogP) is 4.73. The molecule has 1 N–H and O–H groups in total. The van der Waals surface area contributed by atoms with Crippen molar-refractivity contribution in [2.24, 2.45) is 0 Å². The lowest BCUT2D eigenvalue weighted by Gasteiger charge is -2.24. The highest BCUT2D eigenvalue weighted by Crippen LogP contribution is 2.37. The van der Waals surface area contributed by atoms with Crippen LogP contribution in [0, 0.1) is 0 Å². The smallest absolute Gasteiger partial charge is 0.282 e. The van der Waals surface area contributed by atoms with Crippen LogP contribution < -0.4 is 0 Å². The molecule has 5 heteroatoms. The van der Waals surface area contributed by atoms with Crippen molar-refractivity contribution in [3.05, 3.63) is 28.8 Å². The Balaban J connectivity index is 0.00000361. The van der Waals surface area contributed by atoms with Gasteiger partial charge in [0, 0.05) is 0 Å². The molecule has 0 aromatic heterocycles. The fourth-order valence-electron chi connectivity index (χ4n) is 2.60. The molecule has 0 spiro atoms. The molecule has 0 unspecified atom stereocenters. The number of benzene rings is 1. The molecule has 1 aromatic rings. The molecule has 0 fully saturated rings. The van der Waals surface area contributed by atoms with Crippen molar-refractivity contribution >= 4 is 22.5 Å². The maximum absolute atomic E-state index is 11.6. The summed E-state index contributed by atoms with van der Waals surface area (Å²) in [4.78, 5) is 0.0515. The summed E-state index contributed by atoms with van der Waals surface area (Å²) < 4.78 is 32.6. The van der Waals surface area contributed by atoms with E-state index < -0.39 is 10.1 Å². The van der Waals surface area contributed by atoms with E-state index in [1.807, 2.05) is 19.9 Å². The van der Waals surface area contributed by atoms with Gasteiger partial charge in [0.05, 0.1) is 4.90 Å². The van der Waals surface area contributed by atoms with Crippen LogP contribution in [0.5, 0.6) is 0 Å². The van der Waals surface area contributed by atoms with Crippen LogP contribution in [-0.2, 0) is 10.1 Å². The Kier molecular flexibility index (Phi) is 6.72. The van der Waals surface area contributed by atoms with Crippen LogP contribution in [0.3, 0.4) is 0 Å². The van der Waals surface area contributed by atoms with Crippen LogP contribution >= 0.6 is 12.4 Å². The van der Waals surface area contributed by atoms with E-state index in [9.17, 15) is 13.0 Å². The van der Waals surface area contributed by atoms with E-state index in [4.69, 9.17) is 0 Å². The summed E-state index contributed by atoms with van der Waals surface area (Å²) in [6.45, 7) is 12.2. The second-order valence-electron chi connectivity index (χ2n) is 5.92. The van der Waals surface area contributed by atoms with Gasteiger partial charge in [0.2, 0.25) is 0 Å². The molecule has 1 aromatic carbocycles. The van der Waals surface area contributed by atoms with E-state index in [0.29, 0.717) is 5.92 Å². The topological polar surface area (TPSA) is 54.4 Å². The van der Waals surface area contributed by atoms with E-state index >= 15 is 0 Å². The average molecular weight is 321 g/mol. The van der Waals surface area contributed by atoms with Crippen molar-refractivity contribution in [3.63, 3.8) is 0 Å². The largest absolute Gasteiger partial charge is 0.294 e. The van der Waals surface area contributed by atoms with E-state index in [2.05, 4.69) is 27.7 Å². The fourth-order valence-corrected chi connectivity index (χ4v) is 3.47. The summed E-state index contributed by atoms with van der Waals surface area (Å²) in [6.07, 6.45) is 0. The molecule has 0 aliphatic heterocycles. The summed E-state index contributed by atoms with van der Waals surface area (Å²) in [5.41, 5.74) is 2.97. The molecule has 0 heterocycles. The Hall–Kier alpha value is -0.580. The number of hydrogen-bond acceptors (Lipinski definition) is 2. The van der Waals surface area contributed by atoms with Gasteiger partial charge in [-0.15, -0.1) is 12.4 Å². The van der Waals surface area contributed by atoms with E-state index in [1.54, 1.807) is 0 Å². The van der Waals surface area contributed by atoms with Crippen molar-refractivity contribution in [1.29, 1.82) is 0 Å². The SMILES string of the molecule is CC(C)c1ccc(S(=O)(=O)O)c(C(C)C)c1C(C)C.Cl. The molecule has 3 nitrogen and oxygen atoms in total. The van der Waals surface area contributed by atoms with Crippen LogP contribution in [0.1, 0.15) is 76.0 Å². The van der Waals surface area contributed by atoms with Gasteiger partial charge in [-0.25, -0.2) is 0 Å². The van der Waals surface area contributed by atoms with Gasteiger partial charge < -0.3 is 0 Å². The molecule has 0 atom stereocenters. The Morgan fingerprint density at radius 2 is 1.30 bits per heavy atom. The number of rotatable bonds is 4. The van der Waals surface area contributed by atoms with Gasteiger partial charge in [-0.3, -0.25) is 4.55 Å². The quantitative estimate of drug-likeness (QED) is 0.816. The lowest BCUT2D eigenvalue weighted by atomic mass is 9.83. The molecule has 0 saturated heterocycles. The van der Waals surface area contributed by atoms with Gasteiger partial charge in [-0.1, -0.05) is 47.6 Å². The summed E-state index contributed by atoms with van der Waals surface area (Å²) in [5, 5.41) is 0. The fraction of sp³-hybridized carbons (Fsp3) is 0.600. The Morgan fingerprint density at radius 1 is 0.850 bits per heavy atom. The molecular formula is C15H25ClO3S. The van der Waals surface area contributed by atoms with Crippen molar-refractivity contribution in [2.75, 3.05) is 0 Å². The molecule has 20 heavy (non-hydrogen) atoms. The number of halogens is 1. The molecule has 1 rings (SSSR count). The standard InChI is InChI=1S/C15H24O3S.ClH/c1-9(2)12-7-8-13(19(16,17)18)15(11(5)6)14(12)10(3)4;/h7-11H,1-6H3,(H,16,17,18);1H. The molecule has 0 aliphatic carbocycles. The maximum Gasteiger partial charge on any atom is 0.294 e. The maximum atomic E-state index is 11.6. The Bertz CT molecular complexity index is 561. The molecule has 0 bridgehead atoms. The van der Waals surface area contributed by atoms with Crippen LogP contribution in [0.25, 0.3) is 0 Å². The van der Waals surface area contributed by atoms with E-state index in [1.165, 1.54) is 6.07 Å². The Labute approximate surface area is 128 Å². The first-order chi connectivity index (χ1) is 8.57. The second-order valence-corrected chi connectivity index (χ2v) is 7.31. The second kappa shape index (κ2) is 6.92. The van der Waals surface area contributed by atoms with Crippen LogP contribution in [0.2, 0.25) is 0 Å². The normalized spacial score (nSPS) is 12.1. The minimum absolute atomic E-state index is 0. The van der Waals surface area contributed by atoms with Gasteiger partial charge in [-0.05, 0) is 40.5 Å². The van der Waals surface area contributed by atoms with Crippen LogP contribution in [0.4, 0.5) is 0 Å². The summed E-state index contributed by atoms with van der Waals surface area (Å²) in [6, 6.07) is 3.36. The highest BCUT2D eigenvalue weighted by molar-refractivity contribution is 7.85. The molecule has 0 amide bonds. The summed E-state index contributed by atoms with van der Waals surface area (Å²) in [5.74, 6) is 0.592. The first-order valence-corrected chi connectivity index (χ1v) is 8.15. The minimum atomic E-state index is -4.18.